The van der Waals surface area contributed by atoms with Gasteiger partial charge >= 0.3 is 0 Å². The van der Waals surface area contributed by atoms with Crippen LogP contribution in [0.5, 0.6) is 0 Å². The number of benzene rings is 1. The van der Waals surface area contributed by atoms with E-state index in [0.717, 1.165) is 50.4 Å². The first-order valence-electron chi connectivity index (χ1n) is 10.5. The highest BCUT2D eigenvalue weighted by molar-refractivity contribution is 7.10. The van der Waals surface area contributed by atoms with Gasteiger partial charge in [0.2, 0.25) is 0 Å². The summed E-state index contributed by atoms with van der Waals surface area (Å²) in [7, 11) is 2.19. The van der Waals surface area contributed by atoms with E-state index in [2.05, 4.69) is 76.6 Å². The highest BCUT2D eigenvalue weighted by Crippen LogP contribution is 2.34. The summed E-state index contributed by atoms with van der Waals surface area (Å²) < 4.78 is 9.04. The molecule has 3 aromatic rings. The Balaban J connectivity index is 1.47. The summed E-state index contributed by atoms with van der Waals surface area (Å²) in [6, 6.07) is 12.9. The molecule has 0 radical (unpaired) electrons. The molecule has 0 N–H and O–H groups in total. The number of aromatic nitrogens is 2. The molecule has 1 saturated heterocycles. The number of piperidine rings is 1. The molecule has 0 amide bonds. The van der Waals surface area contributed by atoms with Gasteiger partial charge < -0.3 is 14.2 Å². The summed E-state index contributed by atoms with van der Waals surface area (Å²) in [6.07, 6.45) is 9.82. The van der Waals surface area contributed by atoms with Gasteiger partial charge in [0.1, 0.15) is 11.9 Å². The van der Waals surface area contributed by atoms with Crippen LogP contribution in [0.4, 0.5) is 0 Å². The monoisotopic (exact) mass is 405 g/mol. The third-order valence-electron chi connectivity index (χ3n) is 5.98. The van der Waals surface area contributed by atoms with Crippen LogP contribution in [0.25, 0.3) is 12.2 Å². The number of likely N-dealkylation sites (tertiary alicyclic amines) is 1. The van der Waals surface area contributed by atoms with Crippen LogP contribution in [0.15, 0.2) is 48.0 Å². The lowest BCUT2D eigenvalue weighted by Crippen LogP contribution is -2.35. The Kier molecular flexibility index (Phi) is 5.36. The lowest BCUT2D eigenvalue weighted by Gasteiger charge is -2.32. The van der Waals surface area contributed by atoms with Crippen molar-refractivity contribution in [2.75, 3.05) is 20.1 Å². The second-order valence-corrected chi connectivity index (χ2v) is 9.01. The molecule has 0 saturated carbocycles. The summed E-state index contributed by atoms with van der Waals surface area (Å²) in [5.74, 6) is 1.04. The Hall–Kier alpha value is -2.21. The van der Waals surface area contributed by atoms with E-state index < -0.39 is 0 Å². The minimum atomic E-state index is -0.0917. The number of nitrogens with zero attached hydrogens (tertiary/aromatic N) is 3. The van der Waals surface area contributed by atoms with E-state index in [1.807, 2.05) is 0 Å². The maximum Gasteiger partial charge on any atom is 0.143 e. The number of rotatable bonds is 4. The molecule has 2 aliphatic rings. The molecule has 150 valence electrons. The second-order valence-electron chi connectivity index (χ2n) is 8.03. The lowest BCUT2D eigenvalue weighted by atomic mass is 10.00. The molecule has 1 aromatic carbocycles. The van der Waals surface area contributed by atoms with Crippen molar-refractivity contribution in [2.24, 2.45) is 0 Å². The topological polar surface area (TPSA) is 30.3 Å². The van der Waals surface area contributed by atoms with E-state index >= 15 is 0 Å². The quantitative estimate of drug-likeness (QED) is 0.620. The van der Waals surface area contributed by atoms with Crippen LogP contribution in [0, 0.1) is 0 Å². The first kappa shape index (κ1) is 18.8. The van der Waals surface area contributed by atoms with Crippen LogP contribution >= 0.6 is 11.3 Å². The lowest BCUT2D eigenvalue weighted by molar-refractivity contribution is -0.0275. The standard InChI is InChI=1S/C24H27N3OS/c1-26-13-11-20(12-14-26)28-23-22-7-3-2-5-18(22)10-15-27-17-19(25-24(23)27)8-9-21-6-4-16-29-21/h2-9,16-17,20,23H,10-15H2,1H3. The second kappa shape index (κ2) is 8.27. The normalized spacial score (nSPS) is 20.5. The van der Waals surface area contributed by atoms with E-state index in [9.17, 15) is 0 Å². The van der Waals surface area contributed by atoms with Crippen molar-refractivity contribution < 1.29 is 4.74 Å². The van der Waals surface area contributed by atoms with E-state index in [4.69, 9.17) is 9.72 Å². The van der Waals surface area contributed by atoms with E-state index in [0.29, 0.717) is 0 Å². The number of hydrogen-bond donors (Lipinski definition) is 0. The minimum Gasteiger partial charge on any atom is -0.362 e. The molecular weight excluding hydrogens is 378 g/mol. The van der Waals surface area contributed by atoms with Gasteiger partial charge in [-0.1, -0.05) is 30.3 Å². The minimum absolute atomic E-state index is 0.0917. The molecule has 0 aliphatic carbocycles. The van der Waals surface area contributed by atoms with Crippen molar-refractivity contribution in [1.82, 2.24) is 14.5 Å². The van der Waals surface area contributed by atoms with Crippen molar-refractivity contribution in [1.29, 1.82) is 0 Å². The van der Waals surface area contributed by atoms with Crippen molar-refractivity contribution in [2.45, 2.75) is 38.0 Å². The summed E-state index contributed by atoms with van der Waals surface area (Å²) in [4.78, 5) is 8.65. The number of aryl methyl sites for hydroxylation is 2. The predicted octanol–water partition coefficient (Wildman–Crippen LogP) is 4.87. The van der Waals surface area contributed by atoms with E-state index in [-0.39, 0.29) is 12.2 Å². The first-order chi connectivity index (χ1) is 14.3. The van der Waals surface area contributed by atoms with Crippen LogP contribution in [-0.2, 0) is 17.7 Å². The molecule has 1 atom stereocenters. The van der Waals surface area contributed by atoms with Gasteiger partial charge in [0.25, 0.3) is 0 Å². The van der Waals surface area contributed by atoms with Gasteiger partial charge in [-0.15, -0.1) is 11.3 Å². The number of thiophene rings is 1. The Morgan fingerprint density at radius 2 is 1.93 bits per heavy atom. The van der Waals surface area contributed by atoms with Crippen LogP contribution in [0.1, 0.15) is 46.5 Å². The largest absolute Gasteiger partial charge is 0.362 e. The molecule has 1 fully saturated rings. The Labute approximate surface area is 176 Å². The van der Waals surface area contributed by atoms with Crippen molar-refractivity contribution in [3.63, 3.8) is 0 Å². The third kappa shape index (κ3) is 4.08. The molecule has 0 spiro atoms. The van der Waals surface area contributed by atoms with Gasteiger partial charge in [-0.3, -0.25) is 0 Å². The Bertz CT molecular complexity index is 983. The van der Waals surface area contributed by atoms with Gasteiger partial charge in [-0.2, -0.15) is 0 Å². The average molecular weight is 406 g/mol. The number of imidazole rings is 1. The Morgan fingerprint density at radius 1 is 1.07 bits per heavy atom. The highest BCUT2D eigenvalue weighted by Gasteiger charge is 2.30. The van der Waals surface area contributed by atoms with Crippen molar-refractivity contribution in [3.05, 3.63) is 75.5 Å². The zero-order chi connectivity index (χ0) is 19.6. The molecule has 2 aromatic heterocycles. The molecule has 4 nitrogen and oxygen atoms in total. The molecule has 0 bridgehead atoms. The van der Waals surface area contributed by atoms with Gasteiger partial charge in [-0.25, -0.2) is 4.98 Å². The molecule has 2 aliphatic heterocycles. The molecule has 29 heavy (non-hydrogen) atoms. The third-order valence-corrected chi connectivity index (χ3v) is 6.81. The van der Waals surface area contributed by atoms with Crippen LogP contribution in [0.3, 0.4) is 0 Å². The smallest absolute Gasteiger partial charge is 0.143 e. The van der Waals surface area contributed by atoms with Gasteiger partial charge in [0.05, 0.1) is 11.8 Å². The van der Waals surface area contributed by atoms with Gasteiger partial charge in [0.15, 0.2) is 0 Å². The molecule has 5 rings (SSSR count). The fourth-order valence-corrected chi connectivity index (χ4v) is 4.94. The van der Waals surface area contributed by atoms with Crippen LogP contribution in [-0.4, -0.2) is 40.7 Å². The van der Waals surface area contributed by atoms with Crippen molar-refractivity contribution >= 4 is 23.5 Å². The summed E-state index contributed by atoms with van der Waals surface area (Å²) >= 11 is 1.74. The number of fused-ring (bicyclic) bond motifs is 2. The van der Waals surface area contributed by atoms with Crippen LogP contribution in [0.2, 0.25) is 0 Å². The summed E-state index contributed by atoms with van der Waals surface area (Å²) in [6.45, 7) is 3.14. The predicted molar refractivity (Wildman–Crippen MR) is 119 cm³/mol. The molecule has 4 heterocycles. The maximum atomic E-state index is 6.75. The fraction of sp³-hybridized carbons (Fsp3) is 0.375. The summed E-state index contributed by atoms with van der Waals surface area (Å²) in [5.41, 5.74) is 3.67. The number of hydrogen-bond acceptors (Lipinski definition) is 4. The zero-order valence-electron chi connectivity index (χ0n) is 16.8. The first-order valence-corrected chi connectivity index (χ1v) is 11.3. The average Bonchev–Trinajstić information content (AvgIpc) is 3.38. The Morgan fingerprint density at radius 3 is 2.76 bits per heavy atom. The van der Waals surface area contributed by atoms with E-state index in [1.54, 1.807) is 11.3 Å². The maximum absolute atomic E-state index is 6.75. The van der Waals surface area contributed by atoms with Crippen LogP contribution < -0.4 is 0 Å². The summed E-state index contributed by atoms with van der Waals surface area (Å²) in [5, 5.41) is 2.10. The highest BCUT2D eigenvalue weighted by atomic mass is 32.1. The van der Waals surface area contributed by atoms with Gasteiger partial charge in [0, 0.05) is 30.7 Å². The zero-order valence-corrected chi connectivity index (χ0v) is 17.6. The molecular formula is C24H27N3OS. The molecule has 1 unspecified atom stereocenters. The fourth-order valence-electron chi connectivity index (χ4n) is 4.32. The number of ether oxygens (including phenoxy) is 1. The van der Waals surface area contributed by atoms with E-state index in [1.165, 1.54) is 16.0 Å². The van der Waals surface area contributed by atoms with Gasteiger partial charge in [-0.05, 0) is 61.0 Å². The molecule has 5 heteroatoms. The SMILES string of the molecule is CN1CCC(OC2c3ccccc3CCn3cc(C=Cc4cccs4)nc32)CC1. The van der Waals surface area contributed by atoms with Crippen molar-refractivity contribution in [3.8, 4) is 0 Å².